The third-order valence-electron chi connectivity index (χ3n) is 5.14. The number of halogens is 2. The fraction of sp³-hybridized carbons (Fsp3) is 0.350. The molecule has 0 bridgehead atoms. The maximum absolute atomic E-state index is 13.8. The summed E-state index contributed by atoms with van der Waals surface area (Å²) in [5.41, 5.74) is 0.948. The van der Waals surface area contributed by atoms with Crippen molar-refractivity contribution in [3.05, 3.63) is 65.7 Å². The van der Waals surface area contributed by atoms with E-state index in [2.05, 4.69) is 5.32 Å². The first-order valence-electron chi connectivity index (χ1n) is 9.01. The summed E-state index contributed by atoms with van der Waals surface area (Å²) >= 11 is 0. The van der Waals surface area contributed by atoms with Crippen molar-refractivity contribution in [2.24, 2.45) is 0 Å². The molecule has 1 saturated heterocycles. The second-order valence-corrected chi connectivity index (χ2v) is 6.87. The molecule has 0 unspecified atom stereocenters. The van der Waals surface area contributed by atoms with Gasteiger partial charge in [-0.1, -0.05) is 30.3 Å². The molecule has 1 aliphatic heterocycles. The Labute approximate surface area is 152 Å². The Bertz CT molecular complexity index is 760. The fourth-order valence-electron chi connectivity index (χ4n) is 3.43. The molecule has 1 atom stereocenters. The quantitative estimate of drug-likeness (QED) is 0.703. The number of hydrogen-bond acceptors (Lipinski definition) is 1. The van der Waals surface area contributed by atoms with E-state index in [0.29, 0.717) is 6.54 Å². The van der Waals surface area contributed by atoms with Gasteiger partial charge in [-0.15, -0.1) is 0 Å². The van der Waals surface area contributed by atoms with Crippen molar-refractivity contribution in [1.82, 2.24) is 0 Å². The van der Waals surface area contributed by atoms with E-state index in [-0.39, 0.29) is 23.5 Å². The first-order chi connectivity index (χ1) is 12.5. The molecule has 1 aliphatic rings. The van der Waals surface area contributed by atoms with Gasteiger partial charge >= 0.3 is 0 Å². The summed E-state index contributed by atoms with van der Waals surface area (Å²) in [6.07, 6.45) is 0. The molecular weight excluding hydrogens is 336 g/mol. The van der Waals surface area contributed by atoms with Crippen LogP contribution in [0.2, 0.25) is 0 Å². The van der Waals surface area contributed by atoms with Crippen molar-refractivity contribution in [2.75, 3.05) is 31.5 Å². The highest BCUT2D eigenvalue weighted by molar-refractivity contribution is 5.93. The largest absolute Gasteiger partial charge is 0.322 e. The van der Waals surface area contributed by atoms with Crippen LogP contribution in [0.4, 0.5) is 14.5 Å². The van der Waals surface area contributed by atoms with Crippen molar-refractivity contribution in [3.8, 4) is 0 Å². The van der Waals surface area contributed by atoms with Gasteiger partial charge in [-0.2, -0.15) is 0 Å². The number of hydrogen-bond donors (Lipinski definition) is 3. The minimum Gasteiger partial charge on any atom is -0.322 e. The lowest BCUT2D eigenvalue weighted by atomic mass is 10.1. The van der Waals surface area contributed by atoms with Crippen molar-refractivity contribution < 1.29 is 23.4 Å². The van der Waals surface area contributed by atoms with E-state index >= 15 is 0 Å². The van der Waals surface area contributed by atoms with E-state index in [4.69, 9.17) is 0 Å². The van der Waals surface area contributed by atoms with E-state index in [1.807, 2.05) is 19.1 Å². The maximum Gasteiger partial charge on any atom is 0.282 e. The van der Waals surface area contributed by atoms with Gasteiger partial charge in [0.2, 0.25) is 0 Å². The van der Waals surface area contributed by atoms with Gasteiger partial charge in [-0.05, 0) is 25.1 Å². The van der Waals surface area contributed by atoms with Crippen LogP contribution < -0.4 is 15.1 Å². The van der Waals surface area contributed by atoms with Gasteiger partial charge in [0.05, 0.1) is 5.69 Å². The molecule has 0 aliphatic carbocycles. The maximum atomic E-state index is 13.8. The number of para-hydroxylation sites is 1. The second kappa shape index (κ2) is 8.38. The van der Waals surface area contributed by atoms with Crippen LogP contribution in [0, 0.1) is 11.6 Å². The topological polar surface area (TPSA) is 38.0 Å². The van der Waals surface area contributed by atoms with Crippen LogP contribution in [-0.2, 0) is 11.3 Å². The molecule has 1 fully saturated rings. The monoisotopic (exact) mass is 361 g/mol. The second-order valence-electron chi connectivity index (χ2n) is 6.87. The molecule has 0 saturated carbocycles. The molecule has 138 valence electrons. The number of piperazine rings is 1. The molecule has 0 spiro atoms. The molecule has 1 heterocycles. The van der Waals surface area contributed by atoms with Crippen LogP contribution in [0.15, 0.2) is 48.5 Å². The number of carbonyl (C=O) groups is 1. The number of benzene rings is 2. The number of anilines is 1. The molecule has 3 N–H and O–H groups in total. The van der Waals surface area contributed by atoms with Gasteiger partial charge in [0.15, 0.2) is 6.04 Å². The van der Waals surface area contributed by atoms with E-state index < -0.39 is 5.82 Å². The third-order valence-corrected chi connectivity index (χ3v) is 5.14. The first-order valence-corrected chi connectivity index (χ1v) is 9.01. The lowest BCUT2D eigenvalue weighted by Gasteiger charge is -2.32. The number of amides is 1. The predicted octanol–water partition coefficient (Wildman–Crippen LogP) is 0.275. The van der Waals surface area contributed by atoms with Crippen molar-refractivity contribution in [3.63, 3.8) is 0 Å². The summed E-state index contributed by atoms with van der Waals surface area (Å²) in [7, 11) is 0. The Balaban J connectivity index is 1.52. The zero-order valence-corrected chi connectivity index (χ0v) is 14.9. The van der Waals surface area contributed by atoms with Gasteiger partial charge < -0.3 is 15.1 Å². The van der Waals surface area contributed by atoms with Gasteiger partial charge in [0, 0.05) is 5.56 Å². The summed E-state index contributed by atoms with van der Waals surface area (Å²) < 4.78 is 27.5. The fourth-order valence-corrected chi connectivity index (χ4v) is 3.43. The normalized spacial score (nSPS) is 21.2. The average molecular weight is 361 g/mol. The van der Waals surface area contributed by atoms with Gasteiger partial charge in [0.1, 0.15) is 44.4 Å². The summed E-state index contributed by atoms with van der Waals surface area (Å²) in [5.74, 6) is -0.766. The molecule has 3 rings (SSSR count). The molecule has 4 nitrogen and oxygen atoms in total. The molecule has 26 heavy (non-hydrogen) atoms. The van der Waals surface area contributed by atoms with E-state index in [9.17, 15) is 13.6 Å². The number of carbonyl (C=O) groups excluding carboxylic acids is 1. The lowest BCUT2D eigenvalue weighted by molar-refractivity contribution is -1.02. The molecule has 2 aromatic carbocycles. The lowest BCUT2D eigenvalue weighted by Crippen LogP contribution is -3.29. The Kier molecular flexibility index (Phi) is 5.96. The van der Waals surface area contributed by atoms with Gasteiger partial charge in [-0.3, -0.25) is 4.79 Å². The number of quaternary nitrogens is 2. The standard InChI is InChI=1S/C20H23F2N3O/c1-15(20(26)23-19-9-5-4-8-18(19)22)25-12-10-24(11-13-25)14-16-6-2-3-7-17(16)21/h2-9,15H,10-14H2,1H3,(H,23,26)/p+2/t15-/m0/s1. The van der Waals surface area contributed by atoms with Crippen molar-refractivity contribution in [1.29, 1.82) is 0 Å². The molecular formula is C20H25F2N3O+2. The molecule has 0 radical (unpaired) electrons. The van der Waals surface area contributed by atoms with Crippen LogP contribution in [-0.4, -0.2) is 38.1 Å². The highest BCUT2D eigenvalue weighted by atomic mass is 19.1. The molecule has 1 amide bonds. The van der Waals surface area contributed by atoms with Crippen LogP contribution in [0.25, 0.3) is 0 Å². The van der Waals surface area contributed by atoms with Crippen molar-refractivity contribution in [2.45, 2.75) is 19.5 Å². The summed E-state index contributed by atoms with van der Waals surface area (Å²) in [5, 5.41) is 2.67. The minimum absolute atomic E-state index is 0.160. The van der Waals surface area contributed by atoms with Crippen LogP contribution in [0.1, 0.15) is 12.5 Å². The van der Waals surface area contributed by atoms with Crippen LogP contribution in [0.5, 0.6) is 0 Å². The Hall–Kier alpha value is -2.31. The van der Waals surface area contributed by atoms with Crippen molar-refractivity contribution >= 4 is 11.6 Å². The zero-order valence-electron chi connectivity index (χ0n) is 14.9. The minimum atomic E-state index is -0.429. The summed E-state index contributed by atoms with van der Waals surface area (Å²) in [6, 6.07) is 12.8. The average Bonchev–Trinajstić information content (AvgIpc) is 2.65. The first kappa shape index (κ1) is 18.5. The Morgan fingerprint density at radius 2 is 1.62 bits per heavy atom. The zero-order chi connectivity index (χ0) is 18.5. The predicted molar refractivity (Wildman–Crippen MR) is 96.0 cm³/mol. The van der Waals surface area contributed by atoms with Crippen LogP contribution >= 0.6 is 0 Å². The number of rotatable bonds is 5. The third kappa shape index (κ3) is 4.45. The molecule has 6 heteroatoms. The Morgan fingerprint density at radius 3 is 2.27 bits per heavy atom. The molecule has 0 aromatic heterocycles. The smallest absolute Gasteiger partial charge is 0.282 e. The highest BCUT2D eigenvalue weighted by Crippen LogP contribution is 2.12. The van der Waals surface area contributed by atoms with Gasteiger partial charge in [0.25, 0.3) is 5.91 Å². The van der Waals surface area contributed by atoms with E-state index in [1.165, 1.54) is 21.9 Å². The van der Waals surface area contributed by atoms with E-state index in [1.54, 1.807) is 24.3 Å². The summed E-state index contributed by atoms with van der Waals surface area (Å²) in [4.78, 5) is 14.9. The Morgan fingerprint density at radius 1 is 1.00 bits per heavy atom. The summed E-state index contributed by atoms with van der Waals surface area (Å²) in [6.45, 7) is 5.94. The number of nitrogens with one attached hydrogen (secondary N) is 3. The van der Waals surface area contributed by atoms with Crippen LogP contribution in [0.3, 0.4) is 0 Å². The highest BCUT2D eigenvalue weighted by Gasteiger charge is 2.31. The SMILES string of the molecule is C[C@@H](C(=O)Nc1ccccc1F)[NH+]1CC[NH+](Cc2ccccc2F)CC1. The molecule has 2 aromatic rings. The van der Waals surface area contributed by atoms with Gasteiger partial charge in [-0.25, -0.2) is 8.78 Å². The van der Waals surface area contributed by atoms with E-state index in [0.717, 1.165) is 31.7 Å².